The van der Waals surface area contributed by atoms with Crippen molar-refractivity contribution in [2.75, 3.05) is 18.4 Å². The number of anilines is 1. The highest BCUT2D eigenvalue weighted by atomic mass is 32.2. The molecule has 29 heavy (non-hydrogen) atoms. The number of nitrogens with one attached hydrogen (secondary N) is 3. The minimum absolute atomic E-state index is 0.165. The standard InChI is InChI=1S/C17H15F4N3O4S/c18-12-3-5-13(6-4-12)24-15(25)9-23-29(27,28)14-7-1-11(2-8-14)16(26)22-10-17(19,20)21/h1-8,23H,9-10H2,(H,22,26)(H,24,25). The molecule has 0 aliphatic heterocycles. The van der Waals surface area contributed by atoms with E-state index in [0.29, 0.717) is 0 Å². The Morgan fingerprint density at radius 2 is 1.52 bits per heavy atom. The highest BCUT2D eigenvalue weighted by Gasteiger charge is 2.28. The van der Waals surface area contributed by atoms with Crippen LogP contribution < -0.4 is 15.4 Å². The molecule has 0 radical (unpaired) electrons. The van der Waals surface area contributed by atoms with Gasteiger partial charge in [-0.05, 0) is 48.5 Å². The van der Waals surface area contributed by atoms with Crippen molar-refractivity contribution in [3.63, 3.8) is 0 Å². The molecular weight excluding hydrogens is 418 g/mol. The molecule has 3 N–H and O–H groups in total. The lowest BCUT2D eigenvalue weighted by Gasteiger charge is -2.10. The zero-order valence-electron chi connectivity index (χ0n) is 14.6. The van der Waals surface area contributed by atoms with Crippen LogP contribution in [0.25, 0.3) is 0 Å². The van der Waals surface area contributed by atoms with E-state index in [1.54, 1.807) is 5.32 Å². The zero-order chi connectivity index (χ0) is 21.7. The number of rotatable bonds is 7. The molecule has 156 valence electrons. The van der Waals surface area contributed by atoms with E-state index in [4.69, 9.17) is 0 Å². The Balaban J connectivity index is 1.94. The van der Waals surface area contributed by atoms with Gasteiger partial charge in [-0.1, -0.05) is 0 Å². The number of hydrogen-bond acceptors (Lipinski definition) is 4. The molecule has 12 heteroatoms. The third-order valence-corrected chi connectivity index (χ3v) is 4.84. The summed E-state index contributed by atoms with van der Waals surface area (Å²) in [6, 6.07) is 8.94. The minimum Gasteiger partial charge on any atom is -0.343 e. The van der Waals surface area contributed by atoms with Gasteiger partial charge in [0.15, 0.2) is 0 Å². The van der Waals surface area contributed by atoms with Gasteiger partial charge in [0, 0.05) is 11.3 Å². The molecule has 2 rings (SSSR count). The molecule has 2 amide bonds. The number of carbonyl (C=O) groups is 2. The van der Waals surface area contributed by atoms with Crippen LogP contribution in [0.4, 0.5) is 23.2 Å². The molecule has 0 aliphatic carbocycles. The lowest BCUT2D eigenvalue weighted by atomic mass is 10.2. The molecule has 0 bridgehead atoms. The number of carbonyl (C=O) groups excluding carboxylic acids is 2. The van der Waals surface area contributed by atoms with Gasteiger partial charge in [0.1, 0.15) is 12.4 Å². The number of sulfonamides is 1. The van der Waals surface area contributed by atoms with Gasteiger partial charge in [-0.25, -0.2) is 17.5 Å². The molecule has 0 fully saturated rings. The largest absolute Gasteiger partial charge is 0.405 e. The van der Waals surface area contributed by atoms with Crippen molar-refractivity contribution in [3.8, 4) is 0 Å². The molecule has 2 aromatic carbocycles. The van der Waals surface area contributed by atoms with E-state index in [1.807, 2.05) is 4.72 Å². The van der Waals surface area contributed by atoms with Crippen molar-refractivity contribution in [2.45, 2.75) is 11.1 Å². The van der Waals surface area contributed by atoms with Gasteiger partial charge in [-0.15, -0.1) is 0 Å². The van der Waals surface area contributed by atoms with Gasteiger partial charge in [0.2, 0.25) is 15.9 Å². The molecule has 0 aliphatic rings. The third-order valence-electron chi connectivity index (χ3n) is 3.43. The first-order valence-electron chi connectivity index (χ1n) is 7.96. The van der Waals surface area contributed by atoms with Crippen LogP contribution in [0.2, 0.25) is 0 Å². The number of alkyl halides is 3. The molecule has 0 unspecified atom stereocenters. The van der Waals surface area contributed by atoms with Crippen LogP contribution in [-0.2, 0) is 14.8 Å². The Kier molecular flexibility index (Phi) is 6.93. The Hall–Kier alpha value is -2.99. The Bertz CT molecular complexity index is 975. The van der Waals surface area contributed by atoms with E-state index in [2.05, 4.69) is 5.32 Å². The molecular formula is C17H15F4N3O4S. The van der Waals surface area contributed by atoms with Gasteiger partial charge in [0.25, 0.3) is 5.91 Å². The van der Waals surface area contributed by atoms with Crippen molar-refractivity contribution >= 4 is 27.5 Å². The maximum atomic E-state index is 12.8. The maximum Gasteiger partial charge on any atom is 0.405 e. The van der Waals surface area contributed by atoms with E-state index < -0.39 is 46.9 Å². The van der Waals surface area contributed by atoms with Crippen LogP contribution in [0.3, 0.4) is 0 Å². The topological polar surface area (TPSA) is 104 Å². The van der Waals surface area contributed by atoms with E-state index >= 15 is 0 Å². The van der Waals surface area contributed by atoms with Gasteiger partial charge < -0.3 is 10.6 Å². The Morgan fingerprint density at radius 3 is 2.07 bits per heavy atom. The van der Waals surface area contributed by atoms with E-state index in [0.717, 1.165) is 36.4 Å². The summed E-state index contributed by atoms with van der Waals surface area (Å²) in [5.74, 6) is -2.22. The lowest BCUT2D eigenvalue weighted by molar-refractivity contribution is -0.123. The summed E-state index contributed by atoms with van der Waals surface area (Å²) >= 11 is 0. The van der Waals surface area contributed by atoms with E-state index in [9.17, 15) is 35.6 Å². The maximum absolute atomic E-state index is 12.8. The summed E-state index contributed by atoms with van der Waals surface area (Å²) in [4.78, 5) is 23.1. The molecule has 7 nitrogen and oxygen atoms in total. The quantitative estimate of drug-likeness (QED) is 0.582. The number of hydrogen-bond donors (Lipinski definition) is 3. The molecule has 0 saturated carbocycles. The zero-order valence-corrected chi connectivity index (χ0v) is 15.4. The van der Waals surface area contributed by atoms with Crippen molar-refractivity contribution in [2.24, 2.45) is 0 Å². The van der Waals surface area contributed by atoms with Crippen LogP contribution in [0.1, 0.15) is 10.4 Å². The fourth-order valence-electron chi connectivity index (χ4n) is 2.05. The second-order valence-corrected chi connectivity index (χ2v) is 7.47. The smallest absolute Gasteiger partial charge is 0.343 e. The molecule has 0 spiro atoms. The van der Waals surface area contributed by atoms with Crippen LogP contribution >= 0.6 is 0 Å². The summed E-state index contributed by atoms with van der Waals surface area (Å²) in [5.41, 5.74) is 0.104. The first kappa shape index (κ1) is 22.3. The molecule has 0 aromatic heterocycles. The third kappa shape index (κ3) is 7.16. The molecule has 2 aromatic rings. The monoisotopic (exact) mass is 433 g/mol. The van der Waals surface area contributed by atoms with Crippen LogP contribution in [-0.4, -0.2) is 39.5 Å². The predicted octanol–water partition coefficient (Wildman–Crippen LogP) is 2.03. The van der Waals surface area contributed by atoms with Gasteiger partial charge in [-0.3, -0.25) is 9.59 Å². The van der Waals surface area contributed by atoms with Crippen LogP contribution in [0.15, 0.2) is 53.4 Å². The average molecular weight is 433 g/mol. The highest BCUT2D eigenvalue weighted by Crippen LogP contribution is 2.14. The first-order chi connectivity index (χ1) is 13.5. The van der Waals surface area contributed by atoms with Crippen molar-refractivity contribution in [1.82, 2.24) is 10.0 Å². The Morgan fingerprint density at radius 1 is 0.931 bits per heavy atom. The minimum atomic E-state index is -4.57. The van der Waals surface area contributed by atoms with Crippen molar-refractivity contribution in [1.29, 1.82) is 0 Å². The van der Waals surface area contributed by atoms with Gasteiger partial charge in [0.05, 0.1) is 11.4 Å². The molecule has 0 atom stereocenters. The highest BCUT2D eigenvalue weighted by molar-refractivity contribution is 7.89. The second kappa shape index (κ2) is 9.01. The lowest BCUT2D eigenvalue weighted by Crippen LogP contribution is -2.34. The normalized spacial score (nSPS) is 11.7. The van der Waals surface area contributed by atoms with Gasteiger partial charge >= 0.3 is 6.18 Å². The predicted molar refractivity (Wildman–Crippen MR) is 95.0 cm³/mol. The summed E-state index contributed by atoms with van der Waals surface area (Å²) in [6.45, 7) is -2.13. The Labute approximate surface area is 163 Å². The fraction of sp³-hybridized carbons (Fsp3) is 0.176. The van der Waals surface area contributed by atoms with Crippen molar-refractivity contribution in [3.05, 3.63) is 59.9 Å². The van der Waals surface area contributed by atoms with E-state index in [1.165, 1.54) is 12.1 Å². The SMILES string of the molecule is O=C(CNS(=O)(=O)c1ccc(C(=O)NCC(F)(F)F)cc1)Nc1ccc(F)cc1. The number of halogens is 4. The van der Waals surface area contributed by atoms with Crippen LogP contribution in [0, 0.1) is 5.82 Å². The van der Waals surface area contributed by atoms with E-state index in [-0.39, 0.29) is 16.1 Å². The summed E-state index contributed by atoms with van der Waals surface area (Å²) < 4.78 is 75.5. The van der Waals surface area contributed by atoms with Gasteiger partial charge in [-0.2, -0.15) is 13.2 Å². The van der Waals surface area contributed by atoms with Crippen LogP contribution in [0.5, 0.6) is 0 Å². The van der Waals surface area contributed by atoms with Crippen molar-refractivity contribution < 1.29 is 35.6 Å². The molecule has 0 saturated heterocycles. The second-order valence-electron chi connectivity index (χ2n) is 5.70. The summed E-state index contributed by atoms with van der Waals surface area (Å²) in [6.07, 6.45) is -4.57. The number of benzene rings is 2. The number of amides is 2. The molecule has 0 heterocycles. The fourth-order valence-corrected chi connectivity index (χ4v) is 3.03. The summed E-state index contributed by atoms with van der Waals surface area (Å²) in [7, 11) is -4.11. The summed E-state index contributed by atoms with van der Waals surface area (Å²) in [5, 5.41) is 4.02. The average Bonchev–Trinajstić information content (AvgIpc) is 2.66. The first-order valence-corrected chi connectivity index (χ1v) is 9.45.